The van der Waals surface area contributed by atoms with Crippen LogP contribution in [-0.4, -0.2) is 63.1 Å². The average Bonchev–Trinajstić information content (AvgIpc) is 3.14. The van der Waals surface area contributed by atoms with Gasteiger partial charge in [-0.2, -0.15) is 0 Å². The molecule has 0 aliphatic carbocycles. The predicted octanol–water partition coefficient (Wildman–Crippen LogP) is 0.984. The molecule has 0 aromatic rings. The zero-order valence-electron chi connectivity index (χ0n) is 11.5. The van der Waals surface area contributed by atoms with Crippen molar-refractivity contribution in [1.29, 1.82) is 0 Å². The van der Waals surface area contributed by atoms with Crippen LogP contribution in [0.1, 0.15) is 26.7 Å². The molecule has 0 amide bonds. The Morgan fingerprint density at radius 3 is 2.44 bits per heavy atom. The maximum Gasteiger partial charge on any atom is 0.104 e. The van der Waals surface area contributed by atoms with Gasteiger partial charge in [-0.15, -0.1) is 0 Å². The van der Waals surface area contributed by atoms with Crippen LogP contribution in [0.25, 0.3) is 0 Å². The largest absolute Gasteiger partial charge is 0.388 e. The Kier molecular flexibility index (Phi) is 8.54. The molecule has 0 radical (unpaired) electrons. The molecule has 0 spiro atoms. The minimum Gasteiger partial charge on any atom is -0.388 e. The highest BCUT2D eigenvalue weighted by Crippen LogP contribution is 2.08. The van der Waals surface area contributed by atoms with Gasteiger partial charge in [-0.3, -0.25) is 0 Å². The fourth-order valence-corrected chi connectivity index (χ4v) is 1.36. The SMILES string of the molecule is CC(C)OCC(O)COCCCCOCC1CO1. The highest BCUT2D eigenvalue weighted by atomic mass is 16.6. The molecule has 108 valence electrons. The van der Waals surface area contributed by atoms with Gasteiger partial charge in [0.1, 0.15) is 12.2 Å². The average molecular weight is 262 g/mol. The Morgan fingerprint density at radius 2 is 1.83 bits per heavy atom. The number of unbranched alkanes of at least 4 members (excludes halogenated alkanes) is 1. The van der Waals surface area contributed by atoms with Crippen molar-refractivity contribution < 1.29 is 24.1 Å². The molecule has 0 aromatic heterocycles. The standard InChI is InChI=1S/C13H26O5/c1-11(2)17-8-12(14)7-15-5-3-4-6-16-9-13-10-18-13/h11-14H,3-10H2,1-2H3. The van der Waals surface area contributed by atoms with Gasteiger partial charge in [0.05, 0.1) is 32.5 Å². The van der Waals surface area contributed by atoms with Crippen LogP contribution >= 0.6 is 0 Å². The Labute approximate surface area is 109 Å². The lowest BCUT2D eigenvalue weighted by Gasteiger charge is -2.13. The first-order valence-electron chi connectivity index (χ1n) is 6.75. The molecule has 5 nitrogen and oxygen atoms in total. The second kappa shape index (κ2) is 9.69. The molecule has 5 heteroatoms. The smallest absolute Gasteiger partial charge is 0.104 e. The van der Waals surface area contributed by atoms with E-state index in [-0.39, 0.29) is 6.10 Å². The van der Waals surface area contributed by atoms with E-state index < -0.39 is 6.10 Å². The summed E-state index contributed by atoms with van der Waals surface area (Å²) < 4.78 is 21.1. The molecule has 1 fully saturated rings. The molecule has 1 aliphatic rings. The van der Waals surface area contributed by atoms with Crippen molar-refractivity contribution >= 4 is 0 Å². The summed E-state index contributed by atoms with van der Waals surface area (Å²) in [7, 11) is 0. The van der Waals surface area contributed by atoms with Crippen molar-refractivity contribution in [2.45, 2.75) is 45.0 Å². The lowest BCUT2D eigenvalue weighted by Crippen LogP contribution is -2.23. The van der Waals surface area contributed by atoms with Crippen LogP contribution in [0.5, 0.6) is 0 Å². The van der Waals surface area contributed by atoms with Gasteiger partial charge in [-0.1, -0.05) is 0 Å². The molecule has 2 atom stereocenters. The van der Waals surface area contributed by atoms with Crippen molar-refractivity contribution in [3.05, 3.63) is 0 Å². The first-order chi connectivity index (χ1) is 8.68. The second-order valence-corrected chi connectivity index (χ2v) is 4.85. The summed E-state index contributed by atoms with van der Waals surface area (Å²) >= 11 is 0. The van der Waals surface area contributed by atoms with Crippen molar-refractivity contribution in [3.63, 3.8) is 0 Å². The third-order valence-corrected chi connectivity index (χ3v) is 2.47. The number of aliphatic hydroxyl groups is 1. The van der Waals surface area contributed by atoms with E-state index in [9.17, 15) is 5.11 Å². The summed E-state index contributed by atoms with van der Waals surface area (Å²) in [5, 5.41) is 9.52. The number of hydrogen-bond donors (Lipinski definition) is 1. The number of rotatable bonds is 12. The van der Waals surface area contributed by atoms with Crippen molar-refractivity contribution in [2.75, 3.05) is 39.6 Å². The van der Waals surface area contributed by atoms with Crippen LogP contribution in [0, 0.1) is 0 Å². The van der Waals surface area contributed by atoms with Gasteiger partial charge in [0.15, 0.2) is 0 Å². The van der Waals surface area contributed by atoms with E-state index in [1.54, 1.807) is 0 Å². The van der Waals surface area contributed by atoms with Crippen LogP contribution in [0.2, 0.25) is 0 Å². The van der Waals surface area contributed by atoms with Crippen LogP contribution in [0.4, 0.5) is 0 Å². The van der Waals surface area contributed by atoms with Crippen molar-refractivity contribution in [2.24, 2.45) is 0 Å². The van der Waals surface area contributed by atoms with Gasteiger partial charge < -0.3 is 24.1 Å². The molecular formula is C13H26O5. The van der Waals surface area contributed by atoms with E-state index in [0.717, 1.165) is 26.1 Å². The first-order valence-corrected chi connectivity index (χ1v) is 6.75. The van der Waals surface area contributed by atoms with Gasteiger partial charge in [-0.05, 0) is 26.7 Å². The fourth-order valence-electron chi connectivity index (χ4n) is 1.36. The summed E-state index contributed by atoms with van der Waals surface area (Å²) in [6, 6.07) is 0. The normalized spacial score (nSPS) is 20.3. The van der Waals surface area contributed by atoms with Gasteiger partial charge >= 0.3 is 0 Å². The minimum atomic E-state index is -0.532. The third kappa shape index (κ3) is 9.79. The highest BCUT2D eigenvalue weighted by molar-refractivity contribution is 4.66. The second-order valence-electron chi connectivity index (χ2n) is 4.85. The van der Waals surface area contributed by atoms with Crippen LogP contribution in [0.15, 0.2) is 0 Å². The molecule has 1 rings (SSSR count). The summed E-state index contributed by atoms with van der Waals surface area (Å²) in [4.78, 5) is 0. The van der Waals surface area contributed by atoms with E-state index in [2.05, 4.69) is 0 Å². The van der Waals surface area contributed by atoms with Gasteiger partial charge in [0.2, 0.25) is 0 Å². The first kappa shape index (κ1) is 15.9. The van der Waals surface area contributed by atoms with Crippen molar-refractivity contribution in [3.8, 4) is 0 Å². The molecule has 1 heterocycles. The number of epoxide rings is 1. The molecule has 0 saturated carbocycles. The molecule has 0 bridgehead atoms. The van der Waals surface area contributed by atoms with E-state index in [1.807, 2.05) is 13.8 Å². The quantitative estimate of drug-likeness (QED) is 0.420. The van der Waals surface area contributed by atoms with Gasteiger partial charge in [0.25, 0.3) is 0 Å². The molecule has 0 aromatic carbocycles. The number of hydrogen-bond acceptors (Lipinski definition) is 5. The zero-order valence-corrected chi connectivity index (χ0v) is 11.5. The lowest BCUT2D eigenvalue weighted by atomic mass is 10.3. The zero-order chi connectivity index (χ0) is 13.2. The molecule has 18 heavy (non-hydrogen) atoms. The van der Waals surface area contributed by atoms with E-state index >= 15 is 0 Å². The van der Waals surface area contributed by atoms with E-state index in [4.69, 9.17) is 18.9 Å². The third-order valence-electron chi connectivity index (χ3n) is 2.47. The summed E-state index contributed by atoms with van der Waals surface area (Å²) in [6.07, 6.45) is 1.88. The maximum atomic E-state index is 9.52. The Balaban J connectivity index is 1.74. The predicted molar refractivity (Wildman–Crippen MR) is 67.7 cm³/mol. The molecule has 2 unspecified atom stereocenters. The molecule has 1 saturated heterocycles. The lowest BCUT2D eigenvalue weighted by molar-refractivity contribution is -0.0364. The summed E-state index contributed by atoms with van der Waals surface area (Å²) in [6.45, 7) is 7.53. The topological polar surface area (TPSA) is 60.5 Å². The molecular weight excluding hydrogens is 236 g/mol. The van der Waals surface area contributed by atoms with Crippen LogP contribution in [-0.2, 0) is 18.9 Å². The Bertz CT molecular complexity index is 194. The van der Waals surface area contributed by atoms with E-state index in [1.165, 1.54) is 0 Å². The summed E-state index contributed by atoms with van der Waals surface area (Å²) in [5.41, 5.74) is 0. The van der Waals surface area contributed by atoms with Gasteiger partial charge in [0, 0.05) is 13.2 Å². The van der Waals surface area contributed by atoms with E-state index in [0.29, 0.717) is 32.5 Å². The minimum absolute atomic E-state index is 0.146. The number of aliphatic hydroxyl groups excluding tert-OH is 1. The van der Waals surface area contributed by atoms with Crippen molar-refractivity contribution in [1.82, 2.24) is 0 Å². The van der Waals surface area contributed by atoms with Crippen LogP contribution in [0.3, 0.4) is 0 Å². The maximum absolute atomic E-state index is 9.52. The highest BCUT2D eigenvalue weighted by Gasteiger charge is 2.21. The Morgan fingerprint density at radius 1 is 1.17 bits per heavy atom. The monoisotopic (exact) mass is 262 g/mol. The fraction of sp³-hybridized carbons (Fsp3) is 1.00. The van der Waals surface area contributed by atoms with Crippen LogP contribution < -0.4 is 0 Å². The van der Waals surface area contributed by atoms with Gasteiger partial charge in [-0.25, -0.2) is 0 Å². The number of ether oxygens (including phenoxy) is 4. The molecule has 1 aliphatic heterocycles. The summed E-state index contributed by atoms with van der Waals surface area (Å²) in [5.74, 6) is 0. The Hall–Kier alpha value is -0.200. The molecule has 1 N–H and O–H groups in total.